The Kier molecular flexibility index (Phi) is 6.10. The van der Waals surface area contributed by atoms with E-state index in [1.807, 2.05) is 20.8 Å². The van der Waals surface area contributed by atoms with E-state index in [9.17, 15) is 19.5 Å². The van der Waals surface area contributed by atoms with E-state index < -0.39 is 22.8 Å². The fourth-order valence-corrected chi connectivity index (χ4v) is 2.62. The lowest BCUT2D eigenvalue weighted by Gasteiger charge is -2.21. The first-order valence-electron chi connectivity index (χ1n) is 9.19. The molecule has 2 aromatic rings. The van der Waals surface area contributed by atoms with Gasteiger partial charge in [0.1, 0.15) is 11.4 Å². The van der Waals surface area contributed by atoms with E-state index in [1.54, 1.807) is 14.1 Å². The first-order valence-corrected chi connectivity index (χ1v) is 9.19. The Hall–Kier alpha value is -3.24. The fraction of sp³-hybridized carbons (Fsp3) is 0.556. The van der Waals surface area contributed by atoms with Crippen molar-refractivity contribution in [2.24, 2.45) is 27.1 Å². The summed E-state index contributed by atoms with van der Waals surface area (Å²) in [5, 5.41) is 20.5. The van der Waals surface area contributed by atoms with Crippen LogP contribution in [0.1, 0.15) is 31.3 Å². The number of amides is 1. The van der Waals surface area contributed by atoms with Crippen molar-refractivity contribution in [3.05, 3.63) is 26.4 Å². The molecule has 2 aromatic heterocycles. The molecule has 2 heterocycles. The Balaban J connectivity index is 2.65. The van der Waals surface area contributed by atoms with E-state index in [0.717, 1.165) is 4.68 Å². The second-order valence-electron chi connectivity index (χ2n) is 7.58. The molecule has 3 N–H and O–H groups in total. The van der Waals surface area contributed by atoms with Gasteiger partial charge in [0.05, 0.1) is 0 Å². The molecule has 0 aliphatic carbocycles. The number of aromatic nitrogens is 4. The summed E-state index contributed by atoms with van der Waals surface area (Å²) < 4.78 is 3.57. The Morgan fingerprint density at radius 3 is 2.03 bits per heavy atom. The quantitative estimate of drug-likeness (QED) is 0.634. The number of anilines is 3. The van der Waals surface area contributed by atoms with Gasteiger partial charge in [0.2, 0.25) is 0 Å². The summed E-state index contributed by atoms with van der Waals surface area (Å²) in [6.07, 6.45) is 0. The number of rotatable bonds is 6. The van der Waals surface area contributed by atoms with Crippen molar-refractivity contribution in [3.63, 3.8) is 0 Å². The maximum atomic E-state index is 12.9. The van der Waals surface area contributed by atoms with E-state index in [2.05, 4.69) is 15.7 Å². The summed E-state index contributed by atoms with van der Waals surface area (Å²) in [4.78, 5) is 39.3. The largest absolute Gasteiger partial charge is 0.503 e. The second kappa shape index (κ2) is 8.02. The molecular weight excluding hydrogens is 378 g/mol. The van der Waals surface area contributed by atoms with Crippen LogP contribution in [0.5, 0.6) is 5.75 Å². The van der Waals surface area contributed by atoms with Gasteiger partial charge < -0.3 is 20.6 Å². The Labute approximate surface area is 168 Å². The van der Waals surface area contributed by atoms with Crippen molar-refractivity contribution in [2.75, 3.05) is 24.7 Å². The molecule has 0 saturated carbocycles. The molecule has 0 saturated heterocycles. The predicted molar refractivity (Wildman–Crippen MR) is 111 cm³/mol. The number of carbonyl (C=O) groups excluding carboxylic acids is 1. The summed E-state index contributed by atoms with van der Waals surface area (Å²) in [6.45, 7) is 5.87. The lowest BCUT2D eigenvalue weighted by atomic mass is 10.1. The van der Waals surface area contributed by atoms with Gasteiger partial charge in [-0.05, 0) is 12.8 Å². The molecule has 160 valence electrons. The normalized spacial score (nSPS) is 12.2. The summed E-state index contributed by atoms with van der Waals surface area (Å²) in [6, 6.07) is -0.0986. The zero-order valence-electron chi connectivity index (χ0n) is 18.1. The van der Waals surface area contributed by atoms with E-state index in [1.165, 1.54) is 35.4 Å². The molecule has 2 rings (SSSR count). The zero-order chi connectivity index (χ0) is 22.2. The average Bonchev–Trinajstić information content (AvgIpc) is 2.93. The predicted octanol–water partition coefficient (Wildman–Crippen LogP) is 0.425. The zero-order valence-corrected chi connectivity index (χ0v) is 18.1. The summed E-state index contributed by atoms with van der Waals surface area (Å²) in [5.74, 6) is -0.751. The highest BCUT2D eigenvalue weighted by molar-refractivity contribution is 5.97. The van der Waals surface area contributed by atoms with Crippen molar-refractivity contribution < 1.29 is 9.90 Å². The van der Waals surface area contributed by atoms with Crippen LogP contribution in [0.4, 0.5) is 17.2 Å². The van der Waals surface area contributed by atoms with Gasteiger partial charge in [-0.25, -0.2) is 9.36 Å². The van der Waals surface area contributed by atoms with Crippen LogP contribution in [-0.2, 0) is 21.1 Å². The Morgan fingerprint density at radius 1 is 1.03 bits per heavy atom. The van der Waals surface area contributed by atoms with Gasteiger partial charge in [-0.15, -0.1) is 0 Å². The second-order valence-corrected chi connectivity index (χ2v) is 7.58. The molecule has 0 fully saturated rings. The van der Waals surface area contributed by atoms with Gasteiger partial charge in [0, 0.05) is 41.3 Å². The number of hydrogen-bond donors (Lipinski definition) is 3. The molecule has 0 spiro atoms. The van der Waals surface area contributed by atoms with Gasteiger partial charge in [-0.3, -0.25) is 19.1 Å². The van der Waals surface area contributed by atoms with Crippen LogP contribution in [0.25, 0.3) is 0 Å². The SMILES string of the molecule is CC(C)[C@H](C)Nc1c(Nc2nn(C)c(C(=O)N(C)C)c2O)c(=O)n(C)n(C)c1=O. The van der Waals surface area contributed by atoms with Crippen molar-refractivity contribution >= 4 is 23.1 Å². The fourth-order valence-electron chi connectivity index (χ4n) is 2.62. The molecule has 0 unspecified atom stereocenters. The first kappa shape index (κ1) is 22.1. The third kappa shape index (κ3) is 3.98. The third-order valence-electron chi connectivity index (χ3n) is 4.96. The minimum atomic E-state index is -0.490. The van der Waals surface area contributed by atoms with Crippen LogP contribution in [0.2, 0.25) is 0 Å². The molecule has 11 nitrogen and oxygen atoms in total. The van der Waals surface area contributed by atoms with Crippen LogP contribution in [0, 0.1) is 5.92 Å². The monoisotopic (exact) mass is 407 g/mol. The number of aryl methyl sites for hydroxylation is 1. The van der Waals surface area contributed by atoms with Crippen molar-refractivity contribution in [1.82, 2.24) is 24.0 Å². The lowest BCUT2D eigenvalue weighted by Crippen LogP contribution is -2.39. The van der Waals surface area contributed by atoms with E-state index in [0.29, 0.717) is 0 Å². The topological polar surface area (TPSA) is 126 Å². The molecule has 0 aromatic carbocycles. The highest BCUT2D eigenvalue weighted by Gasteiger charge is 2.26. The number of nitrogens with zero attached hydrogens (tertiary/aromatic N) is 5. The van der Waals surface area contributed by atoms with Gasteiger partial charge in [0.15, 0.2) is 17.3 Å². The Morgan fingerprint density at radius 2 is 1.55 bits per heavy atom. The summed E-state index contributed by atoms with van der Waals surface area (Å²) in [5.41, 5.74) is -0.927. The summed E-state index contributed by atoms with van der Waals surface area (Å²) >= 11 is 0. The first-order chi connectivity index (χ1) is 13.4. The maximum absolute atomic E-state index is 12.9. The van der Waals surface area contributed by atoms with Gasteiger partial charge in [0.25, 0.3) is 17.0 Å². The molecule has 29 heavy (non-hydrogen) atoms. The van der Waals surface area contributed by atoms with Crippen LogP contribution >= 0.6 is 0 Å². The highest BCUT2D eigenvalue weighted by atomic mass is 16.3. The van der Waals surface area contributed by atoms with Crippen molar-refractivity contribution in [1.29, 1.82) is 0 Å². The molecule has 0 aliphatic rings. The molecular formula is C18H29N7O4. The molecule has 0 bridgehead atoms. The molecule has 0 radical (unpaired) electrons. The number of hydrogen-bond acceptors (Lipinski definition) is 7. The van der Waals surface area contributed by atoms with E-state index in [4.69, 9.17) is 0 Å². The van der Waals surface area contributed by atoms with Crippen molar-refractivity contribution in [3.8, 4) is 5.75 Å². The van der Waals surface area contributed by atoms with E-state index in [-0.39, 0.29) is 34.8 Å². The number of nitrogens with one attached hydrogen (secondary N) is 2. The van der Waals surface area contributed by atoms with Crippen LogP contribution in [-0.4, -0.2) is 55.2 Å². The average molecular weight is 407 g/mol. The minimum Gasteiger partial charge on any atom is -0.503 e. The molecule has 0 aliphatic heterocycles. The number of carbonyl (C=O) groups is 1. The lowest BCUT2D eigenvalue weighted by molar-refractivity contribution is 0.0814. The molecule has 1 atom stereocenters. The minimum absolute atomic E-state index is 0.0387. The van der Waals surface area contributed by atoms with Crippen LogP contribution in [0.3, 0.4) is 0 Å². The smallest absolute Gasteiger partial charge is 0.291 e. The van der Waals surface area contributed by atoms with E-state index >= 15 is 0 Å². The third-order valence-corrected chi connectivity index (χ3v) is 4.96. The van der Waals surface area contributed by atoms with Gasteiger partial charge >= 0.3 is 0 Å². The molecule has 1 amide bonds. The van der Waals surface area contributed by atoms with Gasteiger partial charge in [-0.1, -0.05) is 13.8 Å². The Bertz CT molecular complexity index is 1050. The molecule has 11 heteroatoms. The standard InChI is InChI=1S/C18H29N7O4/c1-9(2)10(3)19-11-12(17(28)25(8)24(7)16(11)27)20-15-14(26)13(23(6)21-15)18(29)22(4)5/h9-10,19,26H,1-8H3,(H,20,21)/t10-/m0/s1. The van der Waals surface area contributed by atoms with Gasteiger partial charge in [-0.2, -0.15) is 5.10 Å². The highest BCUT2D eigenvalue weighted by Crippen LogP contribution is 2.30. The van der Waals surface area contributed by atoms with Crippen LogP contribution < -0.4 is 21.8 Å². The summed E-state index contributed by atoms with van der Waals surface area (Å²) in [7, 11) is 7.56. The van der Waals surface area contributed by atoms with Crippen molar-refractivity contribution in [2.45, 2.75) is 26.8 Å². The maximum Gasteiger partial charge on any atom is 0.291 e. The van der Waals surface area contributed by atoms with Crippen LogP contribution in [0.15, 0.2) is 9.59 Å². The number of aromatic hydroxyl groups is 1.